The summed E-state index contributed by atoms with van der Waals surface area (Å²) in [5, 5.41) is 8.27. The minimum Gasteiger partial charge on any atom is -0.379 e. The molecule has 118 valence electrons. The first-order chi connectivity index (χ1) is 10.1. The Hall–Kier alpha value is -1.69. The molecule has 1 aromatic rings. The van der Waals surface area contributed by atoms with Gasteiger partial charge in [0.15, 0.2) is 0 Å². The highest BCUT2D eigenvalue weighted by molar-refractivity contribution is 5.43. The molecule has 0 unspecified atom stereocenters. The van der Waals surface area contributed by atoms with Crippen molar-refractivity contribution in [3.63, 3.8) is 0 Å². The van der Waals surface area contributed by atoms with Crippen LogP contribution in [0.5, 0.6) is 0 Å². The normalized spacial score (nSPS) is 14.0. The Balaban J connectivity index is 0.000000489. The summed E-state index contributed by atoms with van der Waals surface area (Å²) in [6, 6.07) is 8.78. The van der Waals surface area contributed by atoms with Crippen LogP contribution in [0.3, 0.4) is 0 Å². The Bertz CT molecular complexity index is 374. The van der Waals surface area contributed by atoms with Crippen LogP contribution in [-0.2, 0) is 16.1 Å². The zero-order valence-electron chi connectivity index (χ0n) is 13.0. The van der Waals surface area contributed by atoms with Gasteiger partial charge in [-0.15, -0.1) is 13.2 Å². The highest BCUT2D eigenvalue weighted by atomic mass is 16.5. The lowest BCUT2D eigenvalue weighted by Gasteiger charge is -2.26. The van der Waals surface area contributed by atoms with Crippen LogP contribution in [0.4, 0.5) is 0 Å². The maximum atomic E-state index is 9.18. The van der Waals surface area contributed by atoms with E-state index >= 15 is 0 Å². The third kappa shape index (κ3) is 9.79. The van der Waals surface area contributed by atoms with E-state index in [0.717, 1.165) is 32.8 Å². The highest BCUT2D eigenvalue weighted by Gasteiger charge is 2.09. The van der Waals surface area contributed by atoms with Crippen molar-refractivity contribution in [2.75, 3.05) is 33.4 Å². The third-order valence-corrected chi connectivity index (χ3v) is 2.78. The predicted octanol–water partition coefficient (Wildman–Crippen LogP) is 2.09. The zero-order valence-corrected chi connectivity index (χ0v) is 13.0. The van der Waals surface area contributed by atoms with Gasteiger partial charge in [0, 0.05) is 26.7 Å². The number of rotatable bonds is 3. The Kier molecular flexibility index (Phi) is 11.1. The predicted molar refractivity (Wildman–Crippen MR) is 84.1 cm³/mol. The Morgan fingerprint density at radius 2 is 1.76 bits per heavy atom. The standard InChI is InChI=1S/C12H17NO.C2H5NO2.C2H4/c1-11-2-4-12(5-3-11)10-13-6-8-14-9-7-13;1-3(5)2-4;1-2/h2-5H,6-10H2,1H3;2,5H,1H3;1-2H2. The van der Waals surface area contributed by atoms with E-state index in [4.69, 9.17) is 9.94 Å². The molecular weight excluding hydrogens is 268 g/mol. The van der Waals surface area contributed by atoms with Gasteiger partial charge >= 0.3 is 0 Å². The molecule has 0 aromatic heterocycles. The van der Waals surface area contributed by atoms with Gasteiger partial charge in [-0.05, 0) is 12.5 Å². The SMILES string of the molecule is C=C.CN(O)C=O.Cc1ccc(CN2CCOCC2)cc1. The minimum absolute atomic E-state index is 0.306. The molecule has 0 saturated carbocycles. The van der Waals surface area contributed by atoms with Gasteiger partial charge in [-0.3, -0.25) is 14.9 Å². The number of hydrogen-bond donors (Lipinski definition) is 1. The number of carbonyl (C=O) groups excluding carboxylic acids is 1. The monoisotopic (exact) mass is 294 g/mol. The number of nitrogens with zero attached hydrogens (tertiary/aromatic N) is 2. The molecule has 1 fully saturated rings. The summed E-state index contributed by atoms with van der Waals surface area (Å²) in [5.74, 6) is 0. The van der Waals surface area contributed by atoms with Gasteiger partial charge in [0.05, 0.1) is 13.2 Å². The summed E-state index contributed by atoms with van der Waals surface area (Å²) in [5.41, 5.74) is 2.73. The fourth-order valence-electron chi connectivity index (χ4n) is 1.71. The van der Waals surface area contributed by atoms with E-state index in [2.05, 4.69) is 49.2 Å². The summed E-state index contributed by atoms with van der Waals surface area (Å²) in [7, 11) is 1.24. The smallest absolute Gasteiger partial charge is 0.232 e. The molecule has 0 radical (unpaired) electrons. The maximum absolute atomic E-state index is 9.18. The fourth-order valence-corrected chi connectivity index (χ4v) is 1.71. The van der Waals surface area contributed by atoms with Gasteiger partial charge in [-0.2, -0.15) is 0 Å². The molecular formula is C16H26N2O3. The molecule has 21 heavy (non-hydrogen) atoms. The van der Waals surface area contributed by atoms with Crippen molar-refractivity contribution in [2.24, 2.45) is 0 Å². The molecule has 1 aromatic carbocycles. The molecule has 5 nitrogen and oxygen atoms in total. The Labute approximate surface area is 127 Å². The second-order valence-electron chi connectivity index (χ2n) is 4.55. The van der Waals surface area contributed by atoms with Crippen LogP contribution in [0.1, 0.15) is 11.1 Å². The second kappa shape index (κ2) is 12.1. The summed E-state index contributed by atoms with van der Waals surface area (Å²) >= 11 is 0. The van der Waals surface area contributed by atoms with E-state index in [1.165, 1.54) is 18.2 Å². The minimum atomic E-state index is 0.306. The van der Waals surface area contributed by atoms with Crippen molar-refractivity contribution in [3.8, 4) is 0 Å². The number of ether oxygens (including phenoxy) is 1. The molecule has 0 bridgehead atoms. The van der Waals surface area contributed by atoms with E-state index in [0.29, 0.717) is 11.5 Å². The van der Waals surface area contributed by atoms with Gasteiger partial charge < -0.3 is 4.74 Å². The van der Waals surface area contributed by atoms with Gasteiger partial charge in [0.2, 0.25) is 6.41 Å². The Morgan fingerprint density at radius 3 is 2.19 bits per heavy atom. The first-order valence-electron chi connectivity index (χ1n) is 6.84. The molecule has 0 atom stereocenters. The van der Waals surface area contributed by atoms with Gasteiger partial charge in [0.25, 0.3) is 0 Å². The van der Waals surface area contributed by atoms with Crippen LogP contribution >= 0.6 is 0 Å². The van der Waals surface area contributed by atoms with Crippen LogP contribution in [0, 0.1) is 6.92 Å². The molecule has 1 aliphatic heterocycles. The average molecular weight is 294 g/mol. The van der Waals surface area contributed by atoms with Crippen molar-refractivity contribution in [2.45, 2.75) is 13.5 Å². The fraction of sp³-hybridized carbons (Fsp3) is 0.438. The van der Waals surface area contributed by atoms with E-state index in [-0.39, 0.29) is 0 Å². The molecule has 2 rings (SSSR count). The molecule has 0 spiro atoms. The van der Waals surface area contributed by atoms with E-state index in [1.807, 2.05) is 0 Å². The lowest BCUT2D eigenvalue weighted by molar-refractivity contribution is -0.143. The summed E-state index contributed by atoms with van der Waals surface area (Å²) in [4.78, 5) is 11.6. The van der Waals surface area contributed by atoms with E-state index in [1.54, 1.807) is 0 Å². The molecule has 0 aliphatic carbocycles. The number of carbonyl (C=O) groups is 1. The molecule has 1 N–H and O–H groups in total. The van der Waals surface area contributed by atoms with Crippen LogP contribution in [0.2, 0.25) is 0 Å². The van der Waals surface area contributed by atoms with E-state index < -0.39 is 0 Å². The zero-order chi connectivity index (χ0) is 16.1. The van der Waals surface area contributed by atoms with Gasteiger partial charge in [-0.1, -0.05) is 29.8 Å². The third-order valence-electron chi connectivity index (χ3n) is 2.78. The van der Waals surface area contributed by atoms with Gasteiger partial charge in [-0.25, -0.2) is 5.06 Å². The van der Waals surface area contributed by atoms with Crippen LogP contribution in [-0.4, -0.2) is 54.9 Å². The summed E-state index contributed by atoms with van der Waals surface area (Å²) in [6.45, 7) is 13.1. The number of hydrogen-bond acceptors (Lipinski definition) is 4. The number of amides is 1. The quantitative estimate of drug-likeness (QED) is 0.401. The van der Waals surface area contributed by atoms with Crippen molar-refractivity contribution < 1.29 is 14.7 Å². The lowest BCUT2D eigenvalue weighted by Crippen LogP contribution is -2.35. The molecule has 1 saturated heterocycles. The summed E-state index contributed by atoms with van der Waals surface area (Å²) in [6.07, 6.45) is 0.306. The topological polar surface area (TPSA) is 53.0 Å². The Morgan fingerprint density at radius 1 is 1.29 bits per heavy atom. The van der Waals surface area contributed by atoms with Crippen LogP contribution < -0.4 is 0 Å². The van der Waals surface area contributed by atoms with Crippen molar-refractivity contribution in [1.29, 1.82) is 0 Å². The second-order valence-corrected chi connectivity index (χ2v) is 4.55. The van der Waals surface area contributed by atoms with Crippen LogP contribution in [0.25, 0.3) is 0 Å². The van der Waals surface area contributed by atoms with Crippen LogP contribution in [0.15, 0.2) is 37.4 Å². The van der Waals surface area contributed by atoms with Crippen molar-refractivity contribution in [3.05, 3.63) is 48.6 Å². The van der Waals surface area contributed by atoms with Crippen molar-refractivity contribution in [1.82, 2.24) is 9.96 Å². The van der Waals surface area contributed by atoms with Gasteiger partial charge in [0.1, 0.15) is 0 Å². The summed E-state index contributed by atoms with van der Waals surface area (Å²) < 4.78 is 5.31. The largest absolute Gasteiger partial charge is 0.379 e. The molecule has 1 heterocycles. The average Bonchev–Trinajstić information content (AvgIpc) is 2.53. The number of benzene rings is 1. The first-order valence-corrected chi connectivity index (χ1v) is 6.84. The van der Waals surface area contributed by atoms with E-state index in [9.17, 15) is 4.79 Å². The lowest BCUT2D eigenvalue weighted by atomic mass is 10.1. The first kappa shape index (κ1) is 19.3. The number of morpholine rings is 1. The molecule has 1 amide bonds. The number of aryl methyl sites for hydroxylation is 1. The highest BCUT2D eigenvalue weighted by Crippen LogP contribution is 2.08. The van der Waals surface area contributed by atoms with Crippen molar-refractivity contribution >= 4 is 6.41 Å². The maximum Gasteiger partial charge on any atom is 0.232 e. The molecule has 5 heteroatoms. The molecule has 1 aliphatic rings. The number of hydroxylamine groups is 2.